The van der Waals surface area contributed by atoms with Crippen LogP contribution < -0.4 is 15.8 Å². The number of nitrogens with two attached hydrogens (primary N) is 1. The lowest BCUT2D eigenvalue weighted by Crippen LogP contribution is -2.40. The van der Waals surface area contributed by atoms with Crippen LogP contribution in [0.2, 0.25) is 0 Å². The lowest BCUT2D eigenvalue weighted by Gasteiger charge is -2.13. The molecule has 0 fully saturated rings. The fourth-order valence-corrected chi connectivity index (χ4v) is 1.39. The number of carbonyl (C=O) groups is 1. The number of carbonyl (C=O) groups excluding carboxylic acids is 1. The summed E-state index contributed by atoms with van der Waals surface area (Å²) in [5, 5.41) is 2.78. The number of primary amides is 1. The van der Waals surface area contributed by atoms with Crippen LogP contribution in [0.15, 0.2) is 18.2 Å². The van der Waals surface area contributed by atoms with E-state index in [0.29, 0.717) is 24.3 Å². The third-order valence-electron chi connectivity index (χ3n) is 2.51. The Balaban J connectivity index is 2.45. The molecule has 5 heteroatoms. The van der Waals surface area contributed by atoms with Gasteiger partial charge >= 0.3 is 0 Å². The molecule has 94 valence electrons. The minimum Gasteiger partial charge on any atom is -0.493 e. The lowest BCUT2D eigenvalue weighted by atomic mass is 10.2. The lowest BCUT2D eigenvalue weighted by molar-refractivity contribution is -0.120. The molecular formula is C12H17FN2O2. The van der Waals surface area contributed by atoms with Crippen LogP contribution in [0.3, 0.4) is 0 Å². The van der Waals surface area contributed by atoms with E-state index in [1.54, 1.807) is 26.1 Å². The van der Waals surface area contributed by atoms with Crippen molar-refractivity contribution in [3.05, 3.63) is 29.6 Å². The third kappa shape index (κ3) is 4.03. The van der Waals surface area contributed by atoms with E-state index >= 15 is 0 Å². The first-order chi connectivity index (χ1) is 8.04. The summed E-state index contributed by atoms with van der Waals surface area (Å²) >= 11 is 0. The number of benzene rings is 1. The van der Waals surface area contributed by atoms with Crippen molar-refractivity contribution in [2.75, 3.05) is 13.7 Å². The molecule has 0 spiro atoms. The number of hydrogen-bond acceptors (Lipinski definition) is 3. The molecule has 1 aromatic rings. The molecule has 0 saturated carbocycles. The molecule has 1 atom stereocenters. The van der Waals surface area contributed by atoms with Gasteiger partial charge in [-0.15, -0.1) is 0 Å². The van der Waals surface area contributed by atoms with E-state index in [9.17, 15) is 9.18 Å². The van der Waals surface area contributed by atoms with Gasteiger partial charge in [-0.2, -0.15) is 0 Å². The van der Waals surface area contributed by atoms with Gasteiger partial charge in [0.25, 0.3) is 0 Å². The molecule has 0 aliphatic heterocycles. The Bertz CT molecular complexity index is 396. The van der Waals surface area contributed by atoms with Crippen molar-refractivity contribution in [1.29, 1.82) is 0 Å². The van der Waals surface area contributed by atoms with Gasteiger partial charge in [0.15, 0.2) is 0 Å². The molecule has 0 bridgehead atoms. The van der Waals surface area contributed by atoms with Gasteiger partial charge in [-0.1, -0.05) is 6.07 Å². The molecule has 3 N–H and O–H groups in total. The summed E-state index contributed by atoms with van der Waals surface area (Å²) in [5.74, 6) is -0.277. The van der Waals surface area contributed by atoms with E-state index in [-0.39, 0.29) is 5.82 Å². The Morgan fingerprint density at radius 1 is 1.59 bits per heavy atom. The van der Waals surface area contributed by atoms with Gasteiger partial charge in [-0.25, -0.2) is 4.39 Å². The SMILES string of the molecule is CNC(CCOc1ccc(C)c(F)c1)C(N)=O. The second-order valence-electron chi connectivity index (χ2n) is 3.79. The molecule has 0 radical (unpaired) electrons. The highest BCUT2D eigenvalue weighted by Crippen LogP contribution is 2.16. The van der Waals surface area contributed by atoms with Gasteiger partial charge in [0.05, 0.1) is 12.6 Å². The second-order valence-corrected chi connectivity index (χ2v) is 3.79. The Kier molecular flexibility index (Phi) is 4.90. The first-order valence-corrected chi connectivity index (χ1v) is 5.40. The maximum Gasteiger partial charge on any atom is 0.234 e. The molecule has 0 aliphatic rings. The van der Waals surface area contributed by atoms with Crippen LogP contribution in [-0.2, 0) is 4.79 Å². The van der Waals surface area contributed by atoms with Crippen LogP contribution in [0.5, 0.6) is 5.75 Å². The second kappa shape index (κ2) is 6.20. The summed E-state index contributed by atoms with van der Waals surface area (Å²) < 4.78 is 18.5. The molecule has 1 unspecified atom stereocenters. The molecule has 0 aromatic heterocycles. The third-order valence-corrected chi connectivity index (χ3v) is 2.51. The van der Waals surface area contributed by atoms with Gasteiger partial charge < -0.3 is 15.8 Å². The quantitative estimate of drug-likeness (QED) is 0.779. The minimum absolute atomic E-state index is 0.303. The van der Waals surface area contributed by atoms with Crippen LogP contribution in [0.1, 0.15) is 12.0 Å². The summed E-state index contributed by atoms with van der Waals surface area (Å²) in [6.07, 6.45) is 0.446. The van der Waals surface area contributed by atoms with Gasteiger partial charge in [-0.3, -0.25) is 4.79 Å². The molecule has 0 aliphatic carbocycles. The molecular weight excluding hydrogens is 223 g/mol. The van der Waals surface area contributed by atoms with Crippen LogP contribution in [0.4, 0.5) is 4.39 Å². The predicted molar refractivity (Wildman–Crippen MR) is 63.3 cm³/mol. The van der Waals surface area contributed by atoms with Gasteiger partial charge in [-0.05, 0) is 25.6 Å². The largest absolute Gasteiger partial charge is 0.493 e. The zero-order valence-electron chi connectivity index (χ0n) is 10.00. The van der Waals surface area contributed by atoms with Crippen molar-refractivity contribution in [3.8, 4) is 5.75 Å². The highest BCUT2D eigenvalue weighted by molar-refractivity contribution is 5.79. The Morgan fingerprint density at radius 3 is 2.82 bits per heavy atom. The van der Waals surface area contributed by atoms with Gasteiger partial charge in [0, 0.05) is 12.5 Å². The number of aryl methyl sites for hydroxylation is 1. The maximum atomic E-state index is 13.2. The monoisotopic (exact) mass is 240 g/mol. The predicted octanol–water partition coefficient (Wildman–Crippen LogP) is 0.976. The van der Waals surface area contributed by atoms with Crippen LogP contribution >= 0.6 is 0 Å². The summed E-state index contributed by atoms with van der Waals surface area (Å²) in [5.41, 5.74) is 5.73. The van der Waals surface area contributed by atoms with E-state index in [1.807, 2.05) is 0 Å². The fraction of sp³-hybridized carbons (Fsp3) is 0.417. The van der Waals surface area contributed by atoms with E-state index in [1.165, 1.54) is 6.07 Å². The number of nitrogens with one attached hydrogen (secondary N) is 1. The van der Waals surface area contributed by atoms with Crippen molar-refractivity contribution in [3.63, 3.8) is 0 Å². The van der Waals surface area contributed by atoms with E-state index < -0.39 is 11.9 Å². The van der Waals surface area contributed by atoms with Crippen molar-refractivity contribution in [2.24, 2.45) is 5.73 Å². The molecule has 0 heterocycles. The number of halogens is 1. The van der Waals surface area contributed by atoms with Crippen molar-refractivity contribution in [1.82, 2.24) is 5.32 Å². The fourth-order valence-electron chi connectivity index (χ4n) is 1.39. The number of rotatable bonds is 6. The Hall–Kier alpha value is -1.62. The normalized spacial score (nSPS) is 12.2. The van der Waals surface area contributed by atoms with Crippen LogP contribution in [0, 0.1) is 12.7 Å². The van der Waals surface area contributed by atoms with E-state index in [0.717, 1.165) is 0 Å². The molecule has 1 amide bonds. The summed E-state index contributed by atoms with van der Waals surface area (Å²) in [7, 11) is 1.65. The highest BCUT2D eigenvalue weighted by Gasteiger charge is 2.12. The smallest absolute Gasteiger partial charge is 0.234 e. The number of amides is 1. The average molecular weight is 240 g/mol. The van der Waals surface area contributed by atoms with Crippen molar-refractivity contribution >= 4 is 5.91 Å². The molecule has 0 saturated heterocycles. The summed E-state index contributed by atoms with van der Waals surface area (Å²) in [6, 6.07) is 4.24. The summed E-state index contributed by atoms with van der Waals surface area (Å²) in [6.45, 7) is 1.99. The number of likely N-dealkylation sites (N-methyl/N-ethyl adjacent to an activating group) is 1. The van der Waals surface area contributed by atoms with E-state index in [4.69, 9.17) is 10.5 Å². The maximum absolute atomic E-state index is 13.2. The Labute approximate surface area is 100.0 Å². The first-order valence-electron chi connectivity index (χ1n) is 5.40. The minimum atomic E-state index is -0.426. The van der Waals surface area contributed by atoms with Crippen molar-refractivity contribution < 1.29 is 13.9 Å². The topological polar surface area (TPSA) is 64.3 Å². The zero-order chi connectivity index (χ0) is 12.8. The summed E-state index contributed by atoms with van der Waals surface area (Å²) in [4.78, 5) is 10.9. The van der Waals surface area contributed by atoms with Crippen LogP contribution in [-0.4, -0.2) is 25.6 Å². The zero-order valence-corrected chi connectivity index (χ0v) is 10.00. The average Bonchev–Trinajstić information content (AvgIpc) is 2.28. The van der Waals surface area contributed by atoms with Crippen LogP contribution in [0.25, 0.3) is 0 Å². The molecule has 4 nitrogen and oxygen atoms in total. The van der Waals surface area contributed by atoms with Gasteiger partial charge in [0.2, 0.25) is 5.91 Å². The number of ether oxygens (including phenoxy) is 1. The number of hydrogen-bond donors (Lipinski definition) is 2. The van der Waals surface area contributed by atoms with Crippen molar-refractivity contribution in [2.45, 2.75) is 19.4 Å². The molecule has 1 rings (SSSR count). The van der Waals surface area contributed by atoms with E-state index in [2.05, 4.69) is 5.32 Å². The Morgan fingerprint density at radius 2 is 2.29 bits per heavy atom. The van der Waals surface area contributed by atoms with Gasteiger partial charge in [0.1, 0.15) is 11.6 Å². The first kappa shape index (κ1) is 13.4. The highest BCUT2D eigenvalue weighted by atomic mass is 19.1. The standard InChI is InChI=1S/C12H17FN2O2/c1-8-3-4-9(7-10(8)13)17-6-5-11(15-2)12(14)16/h3-4,7,11,15H,5-6H2,1-2H3,(H2,14,16). The molecule has 1 aromatic carbocycles. The molecule has 17 heavy (non-hydrogen) atoms.